The number of hydrogen-bond acceptors (Lipinski definition) is 6. The van der Waals surface area contributed by atoms with Crippen LogP contribution in [0.1, 0.15) is 21.2 Å². The van der Waals surface area contributed by atoms with Crippen LogP contribution in [0.25, 0.3) is 10.1 Å². The Labute approximate surface area is 172 Å². The molecule has 28 heavy (non-hydrogen) atoms. The predicted molar refractivity (Wildman–Crippen MR) is 112 cm³/mol. The maximum atomic E-state index is 13.8. The number of thiazole rings is 1. The summed E-state index contributed by atoms with van der Waals surface area (Å²) in [5, 5.41) is 12.5. The summed E-state index contributed by atoms with van der Waals surface area (Å²) >= 11 is 7.77. The molecule has 142 valence electrons. The highest BCUT2D eigenvalue weighted by molar-refractivity contribution is 7.71. The Morgan fingerprint density at radius 2 is 2.32 bits per heavy atom. The summed E-state index contributed by atoms with van der Waals surface area (Å²) in [4.78, 5) is 17.4. The number of nitrogens with zero attached hydrogens (tertiary/aromatic N) is 3. The average molecular weight is 432 g/mol. The first-order valence-electron chi connectivity index (χ1n) is 8.24. The third kappa shape index (κ3) is 3.66. The largest absolute Gasteiger partial charge is 0.300 e. The molecule has 0 radical (unpaired) electrons. The zero-order chi connectivity index (χ0) is 19.7. The molecule has 2 N–H and O–H groups in total. The molecule has 0 saturated heterocycles. The van der Waals surface area contributed by atoms with Crippen LogP contribution in [0, 0.1) is 10.6 Å². The number of carbonyl (C=O) groups is 1. The van der Waals surface area contributed by atoms with E-state index < -0.39 is 0 Å². The fourth-order valence-corrected chi connectivity index (χ4v) is 4.61. The molecule has 3 aromatic heterocycles. The maximum absolute atomic E-state index is 13.8. The van der Waals surface area contributed by atoms with E-state index in [1.54, 1.807) is 24.3 Å². The van der Waals surface area contributed by atoms with Crippen LogP contribution in [-0.4, -0.2) is 25.7 Å². The summed E-state index contributed by atoms with van der Waals surface area (Å²) in [5.41, 5.74) is 0.766. The average Bonchev–Trinajstić information content (AvgIpc) is 3.38. The Hall–Kier alpha value is -2.69. The molecule has 1 amide bonds. The van der Waals surface area contributed by atoms with Gasteiger partial charge >= 0.3 is 0 Å². The van der Waals surface area contributed by atoms with Gasteiger partial charge in [-0.15, -0.1) is 29.3 Å². The number of rotatable bonds is 6. The molecular weight excluding hydrogens is 417 g/mol. The maximum Gasteiger partial charge on any atom is 0.267 e. The lowest BCUT2D eigenvalue weighted by Crippen LogP contribution is -2.10. The standard InChI is InChI=1S/C18H14FN5OS3/c1-2-6-24-15(22-23-18(24)26)7-10-9-27-17(20-10)21-16(25)14-8-11-12(19)4-3-5-13(11)28-14/h2-5,8-9H,1,6-7H2,(H,23,26)(H,20,21,25). The van der Waals surface area contributed by atoms with Gasteiger partial charge in [-0.05, 0) is 30.4 Å². The molecule has 0 atom stereocenters. The van der Waals surface area contributed by atoms with E-state index >= 15 is 0 Å². The number of anilines is 1. The van der Waals surface area contributed by atoms with Crippen molar-refractivity contribution in [3.8, 4) is 0 Å². The van der Waals surface area contributed by atoms with Crippen LogP contribution in [0.3, 0.4) is 0 Å². The first kappa shape index (κ1) is 18.7. The first-order chi connectivity index (χ1) is 13.5. The molecule has 10 heteroatoms. The van der Waals surface area contributed by atoms with E-state index in [9.17, 15) is 9.18 Å². The van der Waals surface area contributed by atoms with Crippen LogP contribution >= 0.6 is 34.9 Å². The molecular formula is C18H14FN5OS3. The molecule has 3 heterocycles. The molecule has 0 saturated carbocycles. The van der Waals surface area contributed by atoms with Gasteiger partial charge in [0.2, 0.25) is 0 Å². The summed E-state index contributed by atoms with van der Waals surface area (Å²) < 4.78 is 16.9. The van der Waals surface area contributed by atoms with Gasteiger partial charge in [-0.3, -0.25) is 19.8 Å². The predicted octanol–water partition coefficient (Wildman–Crippen LogP) is 4.78. The Balaban J connectivity index is 1.50. The van der Waals surface area contributed by atoms with E-state index in [0.29, 0.717) is 33.1 Å². The summed E-state index contributed by atoms with van der Waals surface area (Å²) in [6.45, 7) is 4.28. The Morgan fingerprint density at radius 3 is 3.11 bits per heavy atom. The van der Waals surface area contributed by atoms with Gasteiger partial charge in [-0.2, -0.15) is 5.10 Å². The van der Waals surface area contributed by atoms with Crippen LogP contribution in [0.2, 0.25) is 0 Å². The van der Waals surface area contributed by atoms with Crippen LogP contribution < -0.4 is 5.32 Å². The second-order valence-corrected chi connectivity index (χ2v) is 8.21. The molecule has 0 spiro atoms. The van der Waals surface area contributed by atoms with E-state index in [4.69, 9.17) is 12.2 Å². The highest BCUT2D eigenvalue weighted by Gasteiger charge is 2.15. The van der Waals surface area contributed by atoms with Crippen molar-refractivity contribution in [2.24, 2.45) is 0 Å². The minimum atomic E-state index is -0.336. The zero-order valence-corrected chi connectivity index (χ0v) is 16.9. The van der Waals surface area contributed by atoms with Crippen molar-refractivity contribution < 1.29 is 9.18 Å². The van der Waals surface area contributed by atoms with Crippen molar-refractivity contribution in [2.45, 2.75) is 13.0 Å². The van der Waals surface area contributed by atoms with Crippen molar-refractivity contribution >= 4 is 56.0 Å². The lowest BCUT2D eigenvalue weighted by atomic mass is 10.2. The van der Waals surface area contributed by atoms with Gasteiger partial charge in [0.25, 0.3) is 5.91 Å². The van der Waals surface area contributed by atoms with E-state index in [2.05, 4.69) is 27.1 Å². The molecule has 0 aliphatic rings. The number of fused-ring (bicyclic) bond motifs is 1. The smallest absolute Gasteiger partial charge is 0.267 e. The number of aromatic amines is 1. The molecule has 0 bridgehead atoms. The number of carbonyl (C=O) groups excluding carboxylic acids is 1. The summed E-state index contributed by atoms with van der Waals surface area (Å²) in [6.07, 6.45) is 2.22. The number of aromatic nitrogens is 4. The lowest BCUT2D eigenvalue weighted by molar-refractivity contribution is 0.103. The van der Waals surface area contributed by atoms with Gasteiger partial charge in [0.15, 0.2) is 9.90 Å². The number of amides is 1. The second-order valence-electron chi connectivity index (χ2n) is 5.88. The molecule has 6 nitrogen and oxygen atoms in total. The number of benzene rings is 1. The normalized spacial score (nSPS) is 11.0. The number of halogens is 1. The first-order valence-corrected chi connectivity index (χ1v) is 10.3. The Morgan fingerprint density at radius 1 is 1.46 bits per heavy atom. The fraction of sp³-hybridized carbons (Fsp3) is 0.111. The Kier molecular flexibility index (Phi) is 5.16. The van der Waals surface area contributed by atoms with Gasteiger partial charge in [-0.25, -0.2) is 9.37 Å². The van der Waals surface area contributed by atoms with Crippen molar-refractivity contribution in [1.82, 2.24) is 19.7 Å². The summed E-state index contributed by atoms with van der Waals surface area (Å²) in [7, 11) is 0. The van der Waals surface area contributed by atoms with Crippen LogP contribution in [0.5, 0.6) is 0 Å². The molecule has 1 aromatic carbocycles. The lowest BCUT2D eigenvalue weighted by Gasteiger charge is -2.01. The molecule has 0 aliphatic carbocycles. The van der Waals surface area contributed by atoms with Crippen LogP contribution in [0.15, 0.2) is 42.3 Å². The summed E-state index contributed by atoms with van der Waals surface area (Å²) in [5.74, 6) is 0.0983. The van der Waals surface area contributed by atoms with E-state index in [1.807, 2.05) is 9.95 Å². The van der Waals surface area contributed by atoms with Gasteiger partial charge in [-0.1, -0.05) is 12.1 Å². The zero-order valence-electron chi connectivity index (χ0n) is 14.4. The quantitative estimate of drug-likeness (QED) is 0.340. The summed E-state index contributed by atoms with van der Waals surface area (Å²) in [6, 6.07) is 6.36. The van der Waals surface area contributed by atoms with Crippen molar-refractivity contribution in [3.63, 3.8) is 0 Å². The third-order valence-corrected chi connectivity index (χ3v) is 6.21. The second kappa shape index (κ2) is 7.74. The van der Waals surface area contributed by atoms with Crippen molar-refractivity contribution in [1.29, 1.82) is 0 Å². The number of H-pyrrole nitrogens is 1. The molecule has 0 fully saturated rings. The van der Waals surface area contributed by atoms with Gasteiger partial charge < -0.3 is 0 Å². The SMILES string of the molecule is C=CCn1c(Cc2csc(NC(=O)c3cc4c(F)cccc4s3)n2)n[nH]c1=S. The number of thiophene rings is 1. The molecule has 0 unspecified atom stereocenters. The molecule has 4 rings (SSSR count). The van der Waals surface area contributed by atoms with E-state index in [0.717, 1.165) is 16.2 Å². The molecule has 4 aromatic rings. The fourth-order valence-electron chi connectivity index (χ4n) is 2.71. The number of nitrogens with one attached hydrogen (secondary N) is 2. The number of hydrogen-bond donors (Lipinski definition) is 2. The third-order valence-electron chi connectivity index (χ3n) is 3.99. The van der Waals surface area contributed by atoms with Crippen LogP contribution in [0.4, 0.5) is 9.52 Å². The number of allylic oxidation sites excluding steroid dienone is 1. The van der Waals surface area contributed by atoms with Crippen molar-refractivity contribution in [3.05, 3.63) is 69.3 Å². The highest BCUT2D eigenvalue weighted by Crippen LogP contribution is 2.28. The van der Waals surface area contributed by atoms with Gasteiger partial charge in [0, 0.05) is 22.0 Å². The minimum absolute atomic E-state index is 0.309. The monoisotopic (exact) mass is 431 g/mol. The highest BCUT2D eigenvalue weighted by atomic mass is 32.1. The van der Waals surface area contributed by atoms with Gasteiger partial charge in [0.1, 0.15) is 11.6 Å². The minimum Gasteiger partial charge on any atom is -0.300 e. The van der Waals surface area contributed by atoms with E-state index in [-0.39, 0.29) is 11.7 Å². The Bertz CT molecular complexity index is 1240. The topological polar surface area (TPSA) is 75.6 Å². The molecule has 0 aliphatic heterocycles. The van der Waals surface area contributed by atoms with Gasteiger partial charge in [0.05, 0.1) is 17.0 Å². The van der Waals surface area contributed by atoms with Crippen LogP contribution in [-0.2, 0) is 13.0 Å². The van der Waals surface area contributed by atoms with Crippen molar-refractivity contribution in [2.75, 3.05) is 5.32 Å². The van der Waals surface area contributed by atoms with E-state index in [1.165, 1.54) is 28.7 Å².